The Labute approximate surface area is 203 Å². The summed E-state index contributed by atoms with van der Waals surface area (Å²) in [6.07, 6.45) is 3.30. The first-order valence-corrected chi connectivity index (χ1v) is 10.9. The number of benzene rings is 3. The van der Waals surface area contributed by atoms with Crippen LogP contribution in [0, 0.1) is 0 Å². The third-order valence-corrected chi connectivity index (χ3v) is 5.15. The van der Waals surface area contributed by atoms with Crippen molar-refractivity contribution in [2.75, 3.05) is 24.3 Å². The molecule has 3 aromatic carbocycles. The number of ether oxygens (including phenoxy) is 1. The van der Waals surface area contributed by atoms with Crippen LogP contribution < -0.4 is 20.7 Å². The van der Waals surface area contributed by atoms with Gasteiger partial charge in [-0.1, -0.05) is 36.4 Å². The van der Waals surface area contributed by atoms with Crippen molar-refractivity contribution in [1.82, 2.24) is 15.1 Å². The van der Waals surface area contributed by atoms with Gasteiger partial charge in [0.2, 0.25) is 0 Å². The lowest BCUT2D eigenvalue weighted by Crippen LogP contribution is -2.28. The second kappa shape index (κ2) is 10.8. The predicted octanol–water partition coefficient (Wildman–Crippen LogP) is 5.11. The van der Waals surface area contributed by atoms with E-state index in [9.17, 15) is 9.59 Å². The highest BCUT2D eigenvalue weighted by Crippen LogP contribution is 2.32. The molecule has 0 unspecified atom stereocenters. The third-order valence-electron chi connectivity index (χ3n) is 5.15. The SMILES string of the molecule is C=CCNC(=O)Nc1ccc(NC(=O)c2cn(-c3ccccc3)nc2-c2ccccc2OC)cc1. The molecule has 8 nitrogen and oxygen atoms in total. The number of nitrogens with zero attached hydrogens (tertiary/aromatic N) is 2. The Bertz CT molecular complexity index is 1330. The molecule has 0 saturated heterocycles. The predicted molar refractivity (Wildman–Crippen MR) is 137 cm³/mol. The van der Waals surface area contributed by atoms with Gasteiger partial charge in [-0.25, -0.2) is 9.48 Å². The van der Waals surface area contributed by atoms with Gasteiger partial charge >= 0.3 is 6.03 Å². The van der Waals surface area contributed by atoms with Crippen LogP contribution in [-0.4, -0.2) is 35.4 Å². The Morgan fingerprint density at radius 1 is 0.943 bits per heavy atom. The molecule has 1 aromatic heterocycles. The van der Waals surface area contributed by atoms with Gasteiger partial charge in [0.25, 0.3) is 5.91 Å². The van der Waals surface area contributed by atoms with E-state index >= 15 is 0 Å². The zero-order chi connectivity index (χ0) is 24.6. The van der Waals surface area contributed by atoms with Gasteiger partial charge in [0.15, 0.2) is 0 Å². The van der Waals surface area contributed by atoms with Crippen molar-refractivity contribution in [3.63, 3.8) is 0 Å². The van der Waals surface area contributed by atoms with Gasteiger partial charge in [-0.3, -0.25) is 4.79 Å². The van der Waals surface area contributed by atoms with Gasteiger partial charge in [-0.2, -0.15) is 5.10 Å². The Morgan fingerprint density at radius 3 is 2.29 bits per heavy atom. The van der Waals surface area contributed by atoms with Gasteiger partial charge < -0.3 is 20.7 Å². The second-order valence-corrected chi connectivity index (χ2v) is 7.53. The summed E-state index contributed by atoms with van der Waals surface area (Å²) in [5.41, 5.74) is 3.60. The van der Waals surface area contributed by atoms with Crippen molar-refractivity contribution in [2.45, 2.75) is 0 Å². The van der Waals surface area contributed by atoms with Crippen molar-refractivity contribution >= 4 is 23.3 Å². The molecule has 0 radical (unpaired) electrons. The monoisotopic (exact) mass is 467 g/mol. The molecule has 0 fully saturated rings. The number of hydrogen-bond donors (Lipinski definition) is 3. The van der Waals surface area contributed by atoms with Crippen LogP contribution in [0.3, 0.4) is 0 Å². The van der Waals surface area contributed by atoms with Crippen LogP contribution in [0.4, 0.5) is 16.2 Å². The molecule has 0 bridgehead atoms. The highest BCUT2D eigenvalue weighted by molar-refractivity contribution is 6.08. The van der Waals surface area contributed by atoms with Crippen LogP contribution >= 0.6 is 0 Å². The average Bonchev–Trinajstić information content (AvgIpc) is 3.35. The molecular formula is C27H25N5O3. The first-order valence-electron chi connectivity index (χ1n) is 10.9. The van der Waals surface area contributed by atoms with Gasteiger partial charge in [-0.05, 0) is 48.5 Å². The number of nitrogens with one attached hydrogen (secondary N) is 3. The van der Waals surface area contributed by atoms with Crippen LogP contribution in [0.1, 0.15) is 10.4 Å². The number of carbonyl (C=O) groups is 2. The van der Waals surface area contributed by atoms with Crippen LogP contribution in [0.5, 0.6) is 5.75 Å². The number of hydrogen-bond acceptors (Lipinski definition) is 4. The van der Waals surface area contributed by atoms with Crippen LogP contribution in [0.15, 0.2) is 97.7 Å². The van der Waals surface area contributed by atoms with E-state index in [0.717, 1.165) is 5.69 Å². The van der Waals surface area contributed by atoms with Crippen LogP contribution in [-0.2, 0) is 0 Å². The molecule has 1 heterocycles. The molecule has 4 aromatic rings. The molecule has 0 saturated carbocycles. The van der Waals surface area contributed by atoms with Gasteiger partial charge in [-0.15, -0.1) is 6.58 Å². The highest BCUT2D eigenvalue weighted by Gasteiger charge is 2.21. The molecule has 3 N–H and O–H groups in total. The van der Waals surface area contributed by atoms with E-state index in [0.29, 0.717) is 40.5 Å². The first kappa shape index (κ1) is 23.3. The number of anilines is 2. The van der Waals surface area contributed by atoms with Crippen molar-refractivity contribution in [1.29, 1.82) is 0 Å². The highest BCUT2D eigenvalue weighted by atomic mass is 16.5. The van der Waals surface area contributed by atoms with E-state index in [1.807, 2.05) is 54.6 Å². The fourth-order valence-corrected chi connectivity index (χ4v) is 3.47. The Hall–Kier alpha value is -4.85. The molecule has 35 heavy (non-hydrogen) atoms. The van der Waals surface area contributed by atoms with E-state index < -0.39 is 0 Å². The molecule has 0 atom stereocenters. The summed E-state index contributed by atoms with van der Waals surface area (Å²) in [6.45, 7) is 3.93. The van der Waals surface area contributed by atoms with Gasteiger partial charge in [0.05, 0.1) is 18.4 Å². The summed E-state index contributed by atoms with van der Waals surface area (Å²) >= 11 is 0. The summed E-state index contributed by atoms with van der Waals surface area (Å²) in [5, 5.41) is 13.0. The number of rotatable bonds is 8. The Morgan fingerprint density at radius 2 is 1.60 bits per heavy atom. The van der Waals surface area contributed by atoms with Crippen molar-refractivity contribution < 1.29 is 14.3 Å². The maximum Gasteiger partial charge on any atom is 0.319 e. The van der Waals surface area contributed by atoms with Crippen molar-refractivity contribution in [2.24, 2.45) is 0 Å². The smallest absolute Gasteiger partial charge is 0.319 e. The summed E-state index contributed by atoms with van der Waals surface area (Å²) in [4.78, 5) is 25.1. The lowest BCUT2D eigenvalue weighted by molar-refractivity contribution is 0.102. The van der Waals surface area contributed by atoms with Crippen molar-refractivity contribution in [3.05, 3.63) is 103 Å². The van der Waals surface area contributed by atoms with Crippen LogP contribution in [0.25, 0.3) is 16.9 Å². The Balaban J connectivity index is 1.61. The summed E-state index contributed by atoms with van der Waals surface area (Å²) in [7, 11) is 1.58. The molecule has 176 valence electrons. The van der Waals surface area contributed by atoms with E-state index in [-0.39, 0.29) is 11.9 Å². The maximum absolute atomic E-state index is 13.3. The summed E-state index contributed by atoms with van der Waals surface area (Å²) in [5.74, 6) is 0.294. The molecule has 0 aliphatic carbocycles. The number of methoxy groups -OCH3 is 1. The molecule has 8 heteroatoms. The van der Waals surface area contributed by atoms with E-state index in [4.69, 9.17) is 9.84 Å². The standard InChI is InChI=1S/C27H25N5O3/c1-3-17-28-27(34)30-20-15-13-19(14-16-20)29-26(33)23-18-32(21-9-5-4-6-10-21)31-25(23)22-11-7-8-12-24(22)35-2/h3-16,18H,1,17H2,2H3,(H,29,33)(H2,28,30,34). The van der Waals surface area contributed by atoms with E-state index in [1.165, 1.54) is 0 Å². The fraction of sp³-hybridized carbons (Fsp3) is 0.0741. The minimum absolute atomic E-state index is 0.322. The fourth-order valence-electron chi connectivity index (χ4n) is 3.47. The number of para-hydroxylation sites is 2. The molecule has 3 amide bonds. The summed E-state index contributed by atoms with van der Waals surface area (Å²) < 4.78 is 7.18. The summed E-state index contributed by atoms with van der Waals surface area (Å²) in [6, 6.07) is 23.5. The number of amides is 3. The van der Waals surface area contributed by atoms with Gasteiger partial charge in [0, 0.05) is 29.7 Å². The third kappa shape index (κ3) is 5.56. The minimum Gasteiger partial charge on any atom is -0.496 e. The molecule has 4 rings (SSSR count). The van der Waals surface area contributed by atoms with Crippen LogP contribution in [0.2, 0.25) is 0 Å². The zero-order valence-electron chi connectivity index (χ0n) is 19.2. The average molecular weight is 468 g/mol. The molecule has 0 spiro atoms. The number of aromatic nitrogens is 2. The lowest BCUT2D eigenvalue weighted by Gasteiger charge is -2.10. The topological polar surface area (TPSA) is 97.3 Å². The minimum atomic E-state index is -0.337. The zero-order valence-corrected chi connectivity index (χ0v) is 19.2. The maximum atomic E-state index is 13.3. The molecule has 0 aliphatic heterocycles. The number of urea groups is 1. The van der Waals surface area contributed by atoms with E-state index in [1.54, 1.807) is 48.3 Å². The molecule has 0 aliphatic rings. The first-order chi connectivity index (χ1) is 17.1. The Kier molecular flexibility index (Phi) is 7.22. The normalized spacial score (nSPS) is 10.3. The lowest BCUT2D eigenvalue weighted by atomic mass is 10.1. The number of carbonyl (C=O) groups excluding carboxylic acids is 2. The second-order valence-electron chi connectivity index (χ2n) is 7.53. The van der Waals surface area contributed by atoms with E-state index in [2.05, 4.69) is 22.5 Å². The van der Waals surface area contributed by atoms with Gasteiger partial charge in [0.1, 0.15) is 11.4 Å². The largest absolute Gasteiger partial charge is 0.496 e. The quantitative estimate of drug-likeness (QED) is 0.314. The molecular weight excluding hydrogens is 442 g/mol. The van der Waals surface area contributed by atoms with Crippen molar-refractivity contribution in [3.8, 4) is 22.7 Å².